The average Bonchev–Trinajstić information content (AvgIpc) is 2.86. The number of aromatic nitrogens is 1. The standard InChI is InChI=1S/C27H22ClN3O5/c1-15(25(33)30-21-10-6-5-9-20(21)24(29)32)36-27(35)23-22(16-11-13-17(28)14-12-16)18-7-3-4-8-19(18)26(34)31(23)2/h3-15H,1-2H3,(H2,29,32)(H,30,33). The fourth-order valence-electron chi connectivity index (χ4n) is 3.92. The molecule has 3 aromatic carbocycles. The van der Waals surface area contributed by atoms with Crippen molar-refractivity contribution in [1.29, 1.82) is 0 Å². The lowest BCUT2D eigenvalue weighted by molar-refractivity contribution is -0.123. The first-order chi connectivity index (χ1) is 17.2. The van der Waals surface area contributed by atoms with E-state index in [0.717, 1.165) is 0 Å². The minimum absolute atomic E-state index is 0.0155. The summed E-state index contributed by atoms with van der Waals surface area (Å²) in [6.07, 6.45) is -1.25. The van der Waals surface area contributed by atoms with Crippen LogP contribution in [0.2, 0.25) is 5.02 Å². The maximum atomic E-state index is 13.4. The number of carbonyl (C=O) groups excluding carboxylic acids is 3. The molecule has 0 saturated carbocycles. The minimum Gasteiger partial charge on any atom is -0.448 e. The summed E-state index contributed by atoms with van der Waals surface area (Å²) in [7, 11) is 1.47. The van der Waals surface area contributed by atoms with Crippen molar-refractivity contribution in [2.75, 3.05) is 5.32 Å². The van der Waals surface area contributed by atoms with E-state index in [2.05, 4.69) is 5.32 Å². The summed E-state index contributed by atoms with van der Waals surface area (Å²) in [6, 6.07) is 20.0. The van der Waals surface area contributed by atoms with Gasteiger partial charge in [0, 0.05) is 23.0 Å². The van der Waals surface area contributed by atoms with Crippen LogP contribution < -0.4 is 16.6 Å². The van der Waals surface area contributed by atoms with Crippen LogP contribution in [0.25, 0.3) is 21.9 Å². The van der Waals surface area contributed by atoms with Gasteiger partial charge in [0.05, 0.1) is 11.3 Å². The predicted octanol–water partition coefficient (Wildman–Crippen LogP) is 4.14. The van der Waals surface area contributed by atoms with E-state index in [0.29, 0.717) is 26.9 Å². The van der Waals surface area contributed by atoms with E-state index in [9.17, 15) is 19.2 Å². The zero-order valence-electron chi connectivity index (χ0n) is 19.4. The number of ether oxygens (including phenoxy) is 1. The smallest absolute Gasteiger partial charge is 0.356 e. The number of fused-ring (bicyclic) bond motifs is 1. The number of esters is 1. The number of hydrogen-bond acceptors (Lipinski definition) is 5. The normalized spacial score (nSPS) is 11.6. The number of para-hydroxylation sites is 1. The molecule has 182 valence electrons. The number of anilines is 1. The van der Waals surface area contributed by atoms with Gasteiger partial charge in [0.15, 0.2) is 6.10 Å². The van der Waals surface area contributed by atoms with Crippen molar-refractivity contribution in [3.8, 4) is 11.1 Å². The number of halogens is 1. The second-order valence-electron chi connectivity index (χ2n) is 8.09. The third-order valence-electron chi connectivity index (χ3n) is 5.73. The van der Waals surface area contributed by atoms with Gasteiger partial charge in [-0.3, -0.25) is 14.4 Å². The Bertz CT molecular complexity index is 1560. The fourth-order valence-corrected chi connectivity index (χ4v) is 4.05. The van der Waals surface area contributed by atoms with Crippen molar-refractivity contribution in [2.45, 2.75) is 13.0 Å². The summed E-state index contributed by atoms with van der Waals surface area (Å²) in [6.45, 7) is 1.39. The number of nitrogens with one attached hydrogen (secondary N) is 1. The van der Waals surface area contributed by atoms with E-state index >= 15 is 0 Å². The van der Waals surface area contributed by atoms with Crippen LogP contribution in [0, 0.1) is 0 Å². The maximum Gasteiger partial charge on any atom is 0.356 e. The molecule has 4 aromatic rings. The number of rotatable bonds is 6. The lowest BCUT2D eigenvalue weighted by atomic mass is 9.96. The van der Waals surface area contributed by atoms with Crippen molar-refractivity contribution in [1.82, 2.24) is 4.57 Å². The zero-order chi connectivity index (χ0) is 26.0. The van der Waals surface area contributed by atoms with Gasteiger partial charge >= 0.3 is 5.97 Å². The molecule has 2 amide bonds. The first-order valence-corrected chi connectivity index (χ1v) is 11.3. The Morgan fingerprint density at radius 2 is 1.56 bits per heavy atom. The van der Waals surface area contributed by atoms with Gasteiger partial charge in [0.25, 0.3) is 17.4 Å². The van der Waals surface area contributed by atoms with Gasteiger partial charge < -0.3 is 20.4 Å². The Labute approximate surface area is 211 Å². The molecule has 4 rings (SSSR count). The Hall–Kier alpha value is -4.43. The molecule has 36 heavy (non-hydrogen) atoms. The summed E-state index contributed by atoms with van der Waals surface area (Å²) in [5, 5.41) is 4.05. The van der Waals surface area contributed by atoms with Gasteiger partial charge in [0.1, 0.15) is 5.69 Å². The van der Waals surface area contributed by atoms with Crippen LogP contribution in [0.3, 0.4) is 0 Å². The molecule has 9 heteroatoms. The van der Waals surface area contributed by atoms with Crippen LogP contribution in [0.1, 0.15) is 27.8 Å². The number of primary amides is 1. The first-order valence-electron chi connectivity index (χ1n) is 11.0. The highest BCUT2D eigenvalue weighted by Crippen LogP contribution is 2.32. The van der Waals surface area contributed by atoms with Gasteiger partial charge in [-0.15, -0.1) is 0 Å². The Morgan fingerprint density at radius 1 is 0.944 bits per heavy atom. The van der Waals surface area contributed by atoms with Gasteiger partial charge in [-0.05, 0) is 48.2 Å². The highest BCUT2D eigenvalue weighted by molar-refractivity contribution is 6.30. The molecule has 1 unspecified atom stereocenters. The monoisotopic (exact) mass is 503 g/mol. The lowest BCUT2D eigenvalue weighted by Crippen LogP contribution is -2.33. The molecule has 0 aliphatic carbocycles. The first kappa shape index (κ1) is 24.7. The van der Waals surface area contributed by atoms with Crippen LogP contribution in [0.4, 0.5) is 5.69 Å². The summed E-state index contributed by atoms with van der Waals surface area (Å²) >= 11 is 6.06. The number of nitrogens with two attached hydrogens (primary N) is 1. The Balaban J connectivity index is 1.73. The zero-order valence-corrected chi connectivity index (χ0v) is 20.2. The molecule has 8 nitrogen and oxygen atoms in total. The molecule has 0 bridgehead atoms. The quantitative estimate of drug-likeness (QED) is 0.383. The van der Waals surface area contributed by atoms with E-state index in [4.69, 9.17) is 22.1 Å². The van der Waals surface area contributed by atoms with Crippen LogP contribution in [-0.4, -0.2) is 28.5 Å². The fraction of sp³-hybridized carbons (Fsp3) is 0.111. The van der Waals surface area contributed by atoms with Gasteiger partial charge in [-0.2, -0.15) is 0 Å². The van der Waals surface area contributed by atoms with Crippen molar-refractivity contribution < 1.29 is 19.1 Å². The van der Waals surface area contributed by atoms with Crippen LogP contribution in [0.5, 0.6) is 0 Å². The summed E-state index contributed by atoms with van der Waals surface area (Å²) in [5.41, 5.74) is 6.39. The molecule has 0 aliphatic heterocycles. The van der Waals surface area contributed by atoms with Gasteiger partial charge in [0.2, 0.25) is 0 Å². The Morgan fingerprint density at radius 3 is 2.22 bits per heavy atom. The van der Waals surface area contributed by atoms with Crippen molar-refractivity contribution in [3.63, 3.8) is 0 Å². The number of hydrogen-bond donors (Lipinski definition) is 2. The molecule has 0 radical (unpaired) electrons. The summed E-state index contributed by atoms with van der Waals surface area (Å²) < 4.78 is 6.70. The second kappa shape index (κ2) is 10.1. The third kappa shape index (κ3) is 4.71. The minimum atomic E-state index is -1.25. The molecule has 1 aromatic heterocycles. The highest BCUT2D eigenvalue weighted by Gasteiger charge is 2.27. The molecule has 0 fully saturated rings. The number of nitrogens with zero attached hydrogens (tertiary/aromatic N) is 1. The second-order valence-corrected chi connectivity index (χ2v) is 8.52. The third-order valence-corrected chi connectivity index (χ3v) is 5.99. The van der Waals surface area contributed by atoms with Crippen molar-refractivity contribution in [2.24, 2.45) is 12.8 Å². The SMILES string of the molecule is CC(OC(=O)c1c(-c2ccc(Cl)cc2)c2ccccc2c(=O)n1C)C(=O)Nc1ccccc1C(N)=O. The van der Waals surface area contributed by atoms with E-state index in [1.165, 1.54) is 30.7 Å². The highest BCUT2D eigenvalue weighted by atomic mass is 35.5. The molecular weight excluding hydrogens is 482 g/mol. The molecule has 1 heterocycles. The van der Waals surface area contributed by atoms with E-state index in [1.807, 2.05) is 0 Å². The van der Waals surface area contributed by atoms with Gasteiger partial charge in [-0.1, -0.05) is 54.1 Å². The molecule has 0 saturated heterocycles. The van der Waals surface area contributed by atoms with E-state index in [1.54, 1.807) is 60.7 Å². The summed E-state index contributed by atoms with van der Waals surface area (Å²) in [5.74, 6) is -2.25. The van der Waals surface area contributed by atoms with Crippen LogP contribution in [0.15, 0.2) is 77.6 Å². The molecule has 3 N–H and O–H groups in total. The van der Waals surface area contributed by atoms with E-state index in [-0.39, 0.29) is 22.5 Å². The van der Waals surface area contributed by atoms with Crippen LogP contribution >= 0.6 is 11.6 Å². The molecule has 0 aliphatic rings. The molecule has 0 spiro atoms. The lowest BCUT2D eigenvalue weighted by Gasteiger charge is -2.19. The predicted molar refractivity (Wildman–Crippen MR) is 138 cm³/mol. The maximum absolute atomic E-state index is 13.4. The Kier molecular flexibility index (Phi) is 6.89. The average molecular weight is 504 g/mol. The number of amides is 2. The topological polar surface area (TPSA) is 120 Å². The van der Waals surface area contributed by atoms with Crippen molar-refractivity contribution >= 4 is 45.8 Å². The van der Waals surface area contributed by atoms with Crippen LogP contribution in [-0.2, 0) is 16.6 Å². The number of benzene rings is 3. The molecular formula is C27H22ClN3O5. The van der Waals surface area contributed by atoms with Crippen molar-refractivity contribution in [3.05, 3.63) is 99.4 Å². The number of pyridine rings is 1. The summed E-state index contributed by atoms with van der Waals surface area (Å²) in [4.78, 5) is 50.9. The largest absolute Gasteiger partial charge is 0.448 e. The number of carbonyl (C=O) groups is 3. The van der Waals surface area contributed by atoms with Gasteiger partial charge in [-0.25, -0.2) is 4.79 Å². The molecule has 1 atom stereocenters. The van der Waals surface area contributed by atoms with E-state index < -0.39 is 23.9 Å².